The number of nitrogens with one attached hydrogen (secondary N) is 2. The van der Waals surface area contributed by atoms with Crippen LogP contribution >= 0.6 is 0 Å². The van der Waals surface area contributed by atoms with Gasteiger partial charge >= 0.3 is 11.8 Å². The molecule has 0 spiro atoms. The Labute approximate surface area is 149 Å². The highest BCUT2D eigenvalue weighted by atomic mass is 16.2. The minimum atomic E-state index is -0.741. The van der Waals surface area contributed by atoms with Crippen LogP contribution in [0.25, 0.3) is 5.69 Å². The second kappa shape index (κ2) is 7.55. The van der Waals surface area contributed by atoms with Gasteiger partial charge in [0.05, 0.1) is 12.2 Å². The van der Waals surface area contributed by atoms with Gasteiger partial charge in [-0.1, -0.05) is 6.07 Å². The van der Waals surface area contributed by atoms with Crippen molar-refractivity contribution in [3.05, 3.63) is 48.5 Å². The number of aromatic nitrogens is 6. The Balaban J connectivity index is 1.63. The minimum absolute atomic E-state index is 0.248. The van der Waals surface area contributed by atoms with Gasteiger partial charge in [-0.3, -0.25) is 14.3 Å². The van der Waals surface area contributed by atoms with E-state index in [-0.39, 0.29) is 6.04 Å². The number of nitrogens with zero attached hydrogens (tertiary/aromatic N) is 6. The van der Waals surface area contributed by atoms with Gasteiger partial charge < -0.3 is 10.6 Å². The van der Waals surface area contributed by atoms with Crippen LogP contribution in [0.15, 0.2) is 43.0 Å². The molecule has 0 saturated carbocycles. The Morgan fingerprint density at radius 3 is 2.81 bits per heavy atom. The number of carbonyl (C=O) groups is 2. The first-order valence-corrected chi connectivity index (χ1v) is 7.96. The largest absolute Gasteiger partial charge is 0.344 e. The molecule has 26 heavy (non-hydrogen) atoms. The van der Waals surface area contributed by atoms with Crippen molar-refractivity contribution in [2.75, 3.05) is 5.32 Å². The third-order valence-electron chi connectivity index (χ3n) is 3.69. The fourth-order valence-electron chi connectivity index (χ4n) is 2.37. The van der Waals surface area contributed by atoms with Gasteiger partial charge in [-0.15, -0.1) is 5.10 Å². The fraction of sp³-hybridized carbons (Fsp3) is 0.250. The molecule has 0 aliphatic rings. The number of benzene rings is 1. The van der Waals surface area contributed by atoms with Crippen LogP contribution in [-0.4, -0.2) is 47.8 Å². The Hall–Kier alpha value is -3.56. The van der Waals surface area contributed by atoms with Gasteiger partial charge in [-0.05, 0) is 48.0 Å². The summed E-state index contributed by atoms with van der Waals surface area (Å²) in [7, 11) is 0. The number of carbonyl (C=O) groups excluding carboxylic acids is 2. The van der Waals surface area contributed by atoms with E-state index in [1.165, 1.54) is 11.0 Å². The smallest absolute Gasteiger partial charge is 0.313 e. The molecule has 0 aliphatic carbocycles. The Kier molecular flexibility index (Phi) is 5.02. The van der Waals surface area contributed by atoms with Gasteiger partial charge in [-0.25, -0.2) is 4.68 Å². The number of hydrogen-bond donors (Lipinski definition) is 2. The summed E-state index contributed by atoms with van der Waals surface area (Å²) in [4.78, 5) is 24.3. The second-order valence-electron chi connectivity index (χ2n) is 5.81. The molecule has 2 heterocycles. The van der Waals surface area contributed by atoms with Crippen molar-refractivity contribution in [3.8, 4) is 5.69 Å². The molecule has 10 heteroatoms. The van der Waals surface area contributed by atoms with Crippen LogP contribution in [0.1, 0.15) is 12.5 Å². The van der Waals surface area contributed by atoms with Crippen LogP contribution in [0.5, 0.6) is 0 Å². The Morgan fingerprint density at radius 2 is 2.12 bits per heavy atom. The third kappa shape index (κ3) is 4.09. The first-order chi connectivity index (χ1) is 12.5. The Morgan fingerprint density at radius 1 is 1.27 bits per heavy atom. The lowest BCUT2D eigenvalue weighted by atomic mass is 10.1. The predicted molar refractivity (Wildman–Crippen MR) is 92.4 cm³/mol. The van der Waals surface area contributed by atoms with Crippen LogP contribution in [0.3, 0.4) is 0 Å². The zero-order valence-electron chi connectivity index (χ0n) is 14.3. The fourth-order valence-corrected chi connectivity index (χ4v) is 2.37. The van der Waals surface area contributed by atoms with E-state index in [2.05, 4.69) is 31.3 Å². The first-order valence-electron chi connectivity index (χ1n) is 7.96. The highest BCUT2D eigenvalue weighted by Gasteiger charge is 2.17. The van der Waals surface area contributed by atoms with E-state index in [0.717, 1.165) is 5.56 Å². The van der Waals surface area contributed by atoms with Gasteiger partial charge in [0.15, 0.2) is 0 Å². The molecule has 0 bridgehead atoms. The number of rotatable bonds is 5. The van der Waals surface area contributed by atoms with Crippen LogP contribution in [0.2, 0.25) is 0 Å². The zero-order valence-corrected chi connectivity index (χ0v) is 14.3. The van der Waals surface area contributed by atoms with Crippen LogP contribution < -0.4 is 10.6 Å². The highest BCUT2D eigenvalue weighted by molar-refractivity contribution is 6.39. The molecule has 3 rings (SSSR count). The SMILES string of the molecule is Cc1ccc(-n2cnnn2)cc1NC(=O)C(=O)N[C@@H](C)Cn1cccn1. The molecular formula is C16H18N8O2. The summed E-state index contributed by atoms with van der Waals surface area (Å²) in [6.45, 7) is 4.10. The number of anilines is 1. The lowest BCUT2D eigenvalue weighted by Gasteiger charge is -2.14. The predicted octanol–water partition coefficient (Wildman–Crippen LogP) is 0.311. The summed E-state index contributed by atoms with van der Waals surface area (Å²) in [6, 6.07) is 6.87. The number of amides is 2. The molecule has 1 aromatic carbocycles. The molecule has 3 aromatic rings. The zero-order chi connectivity index (χ0) is 18.5. The number of tetrazole rings is 1. The van der Waals surface area contributed by atoms with Crippen molar-refractivity contribution in [1.82, 2.24) is 35.3 Å². The van der Waals surface area contributed by atoms with E-state index < -0.39 is 11.8 Å². The average molecular weight is 354 g/mol. The van der Waals surface area contributed by atoms with Crippen molar-refractivity contribution in [2.24, 2.45) is 0 Å². The molecule has 2 N–H and O–H groups in total. The van der Waals surface area contributed by atoms with Crippen molar-refractivity contribution in [3.63, 3.8) is 0 Å². The van der Waals surface area contributed by atoms with Crippen molar-refractivity contribution in [1.29, 1.82) is 0 Å². The quantitative estimate of drug-likeness (QED) is 0.637. The van der Waals surface area contributed by atoms with E-state index in [1.54, 1.807) is 36.1 Å². The van der Waals surface area contributed by atoms with E-state index in [1.807, 2.05) is 19.1 Å². The van der Waals surface area contributed by atoms with Gasteiger partial charge in [-0.2, -0.15) is 5.10 Å². The van der Waals surface area contributed by atoms with Gasteiger partial charge in [0.1, 0.15) is 6.33 Å². The maximum absolute atomic E-state index is 12.2. The molecule has 1 atom stereocenters. The molecule has 0 radical (unpaired) electrons. The van der Waals surface area contributed by atoms with Crippen LogP contribution in [-0.2, 0) is 16.1 Å². The first kappa shape index (κ1) is 17.3. The second-order valence-corrected chi connectivity index (χ2v) is 5.81. The lowest BCUT2D eigenvalue weighted by Crippen LogP contribution is -2.42. The summed E-state index contributed by atoms with van der Waals surface area (Å²) in [6.07, 6.45) is 4.89. The Bertz CT molecular complexity index is 889. The summed E-state index contributed by atoms with van der Waals surface area (Å²) < 4.78 is 3.14. The van der Waals surface area contributed by atoms with Crippen molar-refractivity contribution in [2.45, 2.75) is 26.4 Å². The summed E-state index contributed by atoms with van der Waals surface area (Å²) >= 11 is 0. The van der Waals surface area contributed by atoms with Crippen molar-refractivity contribution < 1.29 is 9.59 Å². The number of hydrogen-bond acceptors (Lipinski definition) is 6. The lowest BCUT2D eigenvalue weighted by molar-refractivity contribution is -0.136. The minimum Gasteiger partial charge on any atom is -0.344 e. The standard InChI is InChI=1S/C16H18N8O2/c1-11-4-5-13(24-10-17-21-22-24)8-14(11)20-16(26)15(25)19-12(2)9-23-7-3-6-18-23/h3-8,10,12H,9H2,1-2H3,(H,19,25)(H,20,26)/t12-/m0/s1. The van der Waals surface area contributed by atoms with E-state index >= 15 is 0 Å². The molecule has 2 amide bonds. The maximum atomic E-state index is 12.2. The molecule has 2 aromatic heterocycles. The van der Waals surface area contributed by atoms with Crippen molar-refractivity contribution >= 4 is 17.5 Å². The van der Waals surface area contributed by atoms with Crippen LogP contribution in [0, 0.1) is 6.92 Å². The van der Waals surface area contributed by atoms with E-state index in [0.29, 0.717) is 17.9 Å². The maximum Gasteiger partial charge on any atom is 0.313 e. The molecule has 0 fully saturated rings. The molecular weight excluding hydrogens is 336 g/mol. The summed E-state index contributed by atoms with van der Waals surface area (Å²) in [5.41, 5.74) is 1.99. The third-order valence-corrected chi connectivity index (χ3v) is 3.69. The van der Waals surface area contributed by atoms with Gasteiger partial charge in [0, 0.05) is 24.1 Å². The van der Waals surface area contributed by atoms with Crippen LogP contribution in [0.4, 0.5) is 5.69 Å². The summed E-state index contributed by atoms with van der Waals surface area (Å²) in [5, 5.41) is 20.3. The molecule has 134 valence electrons. The highest BCUT2D eigenvalue weighted by Crippen LogP contribution is 2.18. The number of aryl methyl sites for hydroxylation is 1. The van der Waals surface area contributed by atoms with E-state index in [4.69, 9.17) is 0 Å². The van der Waals surface area contributed by atoms with E-state index in [9.17, 15) is 9.59 Å². The van der Waals surface area contributed by atoms with Gasteiger partial charge in [0.25, 0.3) is 0 Å². The topological polar surface area (TPSA) is 120 Å². The molecule has 10 nitrogen and oxygen atoms in total. The molecule has 0 unspecified atom stereocenters. The normalized spacial score (nSPS) is 11.8. The monoisotopic (exact) mass is 354 g/mol. The van der Waals surface area contributed by atoms with Gasteiger partial charge in [0.2, 0.25) is 0 Å². The summed E-state index contributed by atoms with van der Waals surface area (Å²) in [5.74, 6) is -1.45. The molecule has 0 aliphatic heterocycles. The molecule has 0 saturated heterocycles. The average Bonchev–Trinajstić information content (AvgIpc) is 3.30.